The number of rotatable bonds is 3. The van der Waals surface area contributed by atoms with E-state index in [1.54, 1.807) is 24.8 Å². The molecule has 2 aliphatic rings. The minimum absolute atomic E-state index is 0.193. The van der Waals surface area contributed by atoms with Crippen molar-refractivity contribution >= 4 is 23.6 Å². The van der Waals surface area contributed by atoms with Gasteiger partial charge in [0, 0.05) is 29.8 Å². The molecule has 1 N–H and O–H groups in total. The van der Waals surface area contributed by atoms with Gasteiger partial charge in [-0.1, -0.05) is 18.2 Å². The minimum Gasteiger partial charge on any atom is -0.450 e. The van der Waals surface area contributed by atoms with Gasteiger partial charge in [-0.05, 0) is 36.4 Å². The van der Waals surface area contributed by atoms with E-state index in [2.05, 4.69) is 18.2 Å². The molecule has 8 heteroatoms. The van der Waals surface area contributed by atoms with Gasteiger partial charge in [-0.15, -0.1) is 11.8 Å². The number of carbonyl (C=O) groups is 1. The zero-order valence-corrected chi connectivity index (χ0v) is 17.6. The molecule has 1 aromatic rings. The molecule has 1 fully saturated rings. The molecule has 1 aliphatic heterocycles. The maximum atomic E-state index is 12.3. The molecule has 1 heterocycles. The summed E-state index contributed by atoms with van der Waals surface area (Å²) in [5, 5.41) is 38.5. The molecule has 7 nitrogen and oxygen atoms in total. The molecule has 1 amide bonds. The van der Waals surface area contributed by atoms with Gasteiger partial charge in [0.05, 0.1) is 30.5 Å². The van der Waals surface area contributed by atoms with Crippen LogP contribution in [-0.4, -0.2) is 42.7 Å². The Hall–Kier alpha value is -3.28. The summed E-state index contributed by atoms with van der Waals surface area (Å²) in [5.74, 6) is -2.08. The summed E-state index contributed by atoms with van der Waals surface area (Å²) in [6.45, 7) is 2.45. The van der Waals surface area contributed by atoms with E-state index in [0.717, 1.165) is 10.5 Å². The number of nitrogens with one attached hydrogen (secondary N) is 1. The van der Waals surface area contributed by atoms with Crippen LogP contribution in [0.4, 0.5) is 4.79 Å². The number of fused-ring (bicyclic) bond motifs is 1. The summed E-state index contributed by atoms with van der Waals surface area (Å²) in [5.41, 5.74) is -0.552. The molecule has 0 aromatic heterocycles. The van der Waals surface area contributed by atoms with Gasteiger partial charge in [-0.3, -0.25) is 0 Å². The summed E-state index contributed by atoms with van der Waals surface area (Å²) in [4.78, 5) is 14.9. The molecule has 3 atom stereocenters. The summed E-state index contributed by atoms with van der Waals surface area (Å²) in [6.07, 6.45) is 3.25. The van der Waals surface area contributed by atoms with Gasteiger partial charge >= 0.3 is 6.09 Å². The van der Waals surface area contributed by atoms with Crippen molar-refractivity contribution in [1.29, 1.82) is 21.2 Å². The average molecular weight is 420 g/mol. The van der Waals surface area contributed by atoms with E-state index in [0.29, 0.717) is 5.57 Å². The maximum Gasteiger partial charge on any atom is 0.410 e. The Labute approximate surface area is 180 Å². The minimum atomic E-state index is -1.79. The average Bonchev–Trinajstić information content (AvgIpc) is 2.78. The van der Waals surface area contributed by atoms with Crippen LogP contribution < -0.4 is 0 Å². The van der Waals surface area contributed by atoms with Crippen molar-refractivity contribution in [3.05, 3.63) is 41.5 Å². The van der Waals surface area contributed by atoms with Crippen molar-refractivity contribution in [1.82, 2.24) is 4.90 Å². The first-order valence-corrected chi connectivity index (χ1v) is 10.8. The van der Waals surface area contributed by atoms with Crippen LogP contribution in [0.2, 0.25) is 0 Å². The van der Waals surface area contributed by atoms with Crippen LogP contribution in [-0.2, 0) is 4.74 Å². The third-order valence-electron chi connectivity index (χ3n) is 5.79. The fourth-order valence-electron chi connectivity index (χ4n) is 4.36. The molecule has 1 aliphatic carbocycles. The van der Waals surface area contributed by atoms with Crippen molar-refractivity contribution in [3.63, 3.8) is 0 Å². The van der Waals surface area contributed by atoms with E-state index in [9.17, 15) is 20.6 Å². The van der Waals surface area contributed by atoms with Gasteiger partial charge < -0.3 is 15.0 Å². The number of carbonyl (C=O) groups excluding carboxylic acids is 1. The Kier molecular flexibility index (Phi) is 6.15. The van der Waals surface area contributed by atoms with E-state index >= 15 is 0 Å². The summed E-state index contributed by atoms with van der Waals surface area (Å²) < 4.78 is 5.13. The van der Waals surface area contributed by atoms with Gasteiger partial charge in [-0.25, -0.2) is 4.79 Å². The molecule has 1 saturated carbocycles. The van der Waals surface area contributed by atoms with Crippen LogP contribution in [0, 0.1) is 56.7 Å². The van der Waals surface area contributed by atoms with Gasteiger partial charge in [0.1, 0.15) is 5.92 Å². The largest absolute Gasteiger partial charge is 0.450 e. The first kappa shape index (κ1) is 21.4. The number of amides is 1. The fourth-order valence-corrected chi connectivity index (χ4v) is 4.77. The second-order valence-corrected chi connectivity index (χ2v) is 8.05. The third kappa shape index (κ3) is 3.32. The van der Waals surface area contributed by atoms with Crippen LogP contribution in [0.25, 0.3) is 0 Å². The van der Waals surface area contributed by atoms with Gasteiger partial charge in [0.15, 0.2) is 5.41 Å². The Morgan fingerprint density at radius 2 is 1.97 bits per heavy atom. The molecule has 0 spiro atoms. The molecular formula is C22H21N5O2S. The second-order valence-electron chi connectivity index (χ2n) is 7.17. The SMILES string of the molecule is CCOC(=O)N1CC=C2C(C#N)C(=N)C(C#N)(C#N)[C@H](c3ccc(SC)cc3)[C@@H]2C1. The first-order valence-electron chi connectivity index (χ1n) is 9.54. The summed E-state index contributed by atoms with van der Waals surface area (Å²) >= 11 is 1.58. The van der Waals surface area contributed by atoms with Gasteiger partial charge in [-0.2, -0.15) is 15.8 Å². The Morgan fingerprint density at radius 1 is 1.30 bits per heavy atom. The van der Waals surface area contributed by atoms with E-state index in [1.807, 2.05) is 30.5 Å². The molecule has 1 unspecified atom stereocenters. The van der Waals surface area contributed by atoms with Crippen molar-refractivity contribution in [2.75, 3.05) is 26.0 Å². The molecule has 0 bridgehead atoms. The highest BCUT2D eigenvalue weighted by Gasteiger charge is 2.58. The highest BCUT2D eigenvalue weighted by Crippen LogP contribution is 2.53. The Bertz CT molecular complexity index is 998. The number of ether oxygens (including phenoxy) is 1. The lowest BCUT2D eigenvalue weighted by Gasteiger charge is -2.47. The zero-order valence-electron chi connectivity index (χ0n) is 16.8. The van der Waals surface area contributed by atoms with Gasteiger partial charge in [0.2, 0.25) is 0 Å². The van der Waals surface area contributed by atoms with Gasteiger partial charge in [0.25, 0.3) is 0 Å². The topological polar surface area (TPSA) is 125 Å². The number of hydrogen-bond donors (Lipinski definition) is 1. The lowest BCUT2D eigenvalue weighted by atomic mass is 9.54. The molecule has 0 radical (unpaired) electrons. The standard InChI is InChI=1S/C22H21N5O2S/c1-3-29-21(28)27-9-8-16-17(10-23)20(26)22(12-24,13-25)19(18(16)11-27)14-4-6-15(30-2)7-5-14/h4-8,17-19,26H,3,9,11H2,1-2H3/t17?,18-,19-/m1/s1. The monoisotopic (exact) mass is 419 g/mol. The molecule has 152 valence electrons. The fraction of sp³-hybridized carbons (Fsp3) is 0.409. The van der Waals surface area contributed by atoms with Crippen LogP contribution in [0.1, 0.15) is 18.4 Å². The van der Waals surface area contributed by atoms with E-state index in [4.69, 9.17) is 10.1 Å². The van der Waals surface area contributed by atoms with Crippen LogP contribution in [0.15, 0.2) is 40.8 Å². The molecule has 0 saturated heterocycles. The first-order chi connectivity index (χ1) is 14.5. The maximum absolute atomic E-state index is 12.3. The molecule has 1 aromatic carbocycles. The lowest BCUT2D eigenvalue weighted by molar-refractivity contribution is 0.0992. The van der Waals surface area contributed by atoms with E-state index in [1.165, 1.54) is 4.90 Å². The smallest absolute Gasteiger partial charge is 0.410 e. The van der Waals surface area contributed by atoms with Crippen molar-refractivity contribution < 1.29 is 9.53 Å². The van der Waals surface area contributed by atoms with Crippen LogP contribution in [0.5, 0.6) is 0 Å². The molecule has 3 rings (SSSR count). The highest BCUT2D eigenvalue weighted by molar-refractivity contribution is 7.98. The number of hydrogen-bond acceptors (Lipinski definition) is 7. The Morgan fingerprint density at radius 3 is 2.50 bits per heavy atom. The molecule has 30 heavy (non-hydrogen) atoms. The van der Waals surface area contributed by atoms with Crippen molar-refractivity contribution in [3.8, 4) is 18.2 Å². The van der Waals surface area contributed by atoms with Crippen LogP contribution in [0.3, 0.4) is 0 Å². The lowest BCUT2D eigenvalue weighted by Crippen LogP contribution is -2.53. The van der Waals surface area contributed by atoms with Crippen molar-refractivity contribution in [2.45, 2.75) is 17.7 Å². The normalized spacial score (nSPS) is 24.5. The third-order valence-corrected chi connectivity index (χ3v) is 6.53. The molecular weight excluding hydrogens is 398 g/mol. The second kappa shape index (κ2) is 8.61. The number of nitrogens with zero attached hydrogens (tertiary/aromatic N) is 4. The zero-order chi connectivity index (χ0) is 21.9. The number of thioether (sulfide) groups is 1. The van der Waals surface area contributed by atoms with E-state index < -0.39 is 29.3 Å². The van der Waals surface area contributed by atoms with Crippen molar-refractivity contribution in [2.24, 2.45) is 17.3 Å². The summed E-state index contributed by atoms with van der Waals surface area (Å²) in [6, 6.07) is 13.8. The quantitative estimate of drug-likeness (QED) is 0.588. The Balaban J connectivity index is 2.17. The summed E-state index contributed by atoms with van der Waals surface area (Å²) in [7, 11) is 0. The number of nitriles is 3. The van der Waals surface area contributed by atoms with E-state index in [-0.39, 0.29) is 25.4 Å². The number of benzene rings is 1. The van der Waals surface area contributed by atoms with Crippen LogP contribution >= 0.6 is 11.8 Å². The highest BCUT2D eigenvalue weighted by atomic mass is 32.2. The predicted octanol–water partition coefficient (Wildman–Crippen LogP) is 3.71. The predicted molar refractivity (Wildman–Crippen MR) is 112 cm³/mol.